The van der Waals surface area contributed by atoms with Crippen LogP contribution in [0, 0.1) is 6.92 Å². The second-order valence-corrected chi connectivity index (χ2v) is 7.72. The lowest BCUT2D eigenvalue weighted by atomic mass is 9.96. The van der Waals surface area contributed by atoms with Crippen LogP contribution in [0.15, 0.2) is 51.7 Å². The van der Waals surface area contributed by atoms with Crippen LogP contribution in [0.2, 0.25) is 0 Å². The molecule has 0 spiro atoms. The van der Waals surface area contributed by atoms with Gasteiger partial charge in [-0.2, -0.15) is 5.10 Å². The Hall–Kier alpha value is -2.73. The normalized spacial score (nSPS) is 16.7. The minimum atomic E-state index is -0.134. The summed E-state index contributed by atoms with van der Waals surface area (Å²) in [6, 6.07) is 12.0. The molecule has 6 heteroatoms. The quantitative estimate of drug-likeness (QED) is 0.748. The van der Waals surface area contributed by atoms with E-state index in [0.717, 1.165) is 27.8 Å². The lowest BCUT2D eigenvalue weighted by Crippen LogP contribution is -2.33. The maximum Gasteiger partial charge on any atom is 0.258 e. The van der Waals surface area contributed by atoms with E-state index in [4.69, 9.17) is 0 Å². The van der Waals surface area contributed by atoms with E-state index in [1.54, 1.807) is 5.01 Å². The standard InChI is InChI=1S/C21H21N3O2S/c1-3-18(25)24-15(11-14-7-5-4-6-8-14)12-17(23-24)19-13(2)16-9-10-27-21(16)22-20(19)26/h4-10,15H,3,11-12H2,1-2H3,(H,22,26). The Bertz CT molecular complexity index is 1080. The Morgan fingerprint density at radius 2 is 2.07 bits per heavy atom. The average Bonchev–Trinajstić information content (AvgIpc) is 3.29. The molecule has 1 amide bonds. The molecule has 0 bridgehead atoms. The largest absolute Gasteiger partial charge is 0.313 e. The molecule has 3 aromatic rings. The van der Waals surface area contributed by atoms with Gasteiger partial charge in [-0.15, -0.1) is 11.3 Å². The third-order valence-corrected chi connectivity index (χ3v) is 5.89. The van der Waals surface area contributed by atoms with E-state index >= 15 is 0 Å². The molecule has 3 heterocycles. The fourth-order valence-corrected chi connectivity index (χ4v) is 4.54. The van der Waals surface area contributed by atoms with Crippen LogP contribution in [0.5, 0.6) is 0 Å². The zero-order chi connectivity index (χ0) is 19.0. The maximum atomic E-state index is 12.7. The second-order valence-electron chi connectivity index (χ2n) is 6.80. The number of amides is 1. The van der Waals surface area contributed by atoms with E-state index in [1.165, 1.54) is 11.3 Å². The topological polar surface area (TPSA) is 65.5 Å². The van der Waals surface area contributed by atoms with Crippen molar-refractivity contribution in [1.29, 1.82) is 0 Å². The molecule has 0 radical (unpaired) electrons. The number of fused-ring (bicyclic) bond motifs is 1. The Kier molecular flexibility index (Phi) is 4.66. The summed E-state index contributed by atoms with van der Waals surface area (Å²) in [5, 5.41) is 9.20. The van der Waals surface area contributed by atoms with Crippen molar-refractivity contribution in [2.75, 3.05) is 0 Å². The number of carbonyl (C=O) groups excluding carboxylic acids is 1. The third-order valence-electron chi connectivity index (χ3n) is 5.06. The number of aryl methyl sites for hydroxylation is 1. The molecule has 1 unspecified atom stereocenters. The number of aromatic nitrogens is 1. The zero-order valence-corrected chi connectivity index (χ0v) is 16.2. The fourth-order valence-electron chi connectivity index (χ4n) is 3.70. The number of thiophene rings is 1. The van der Waals surface area contributed by atoms with E-state index in [0.29, 0.717) is 24.1 Å². The predicted molar refractivity (Wildman–Crippen MR) is 109 cm³/mol. The molecule has 2 aromatic heterocycles. The number of rotatable bonds is 4. The first kappa shape index (κ1) is 17.7. The minimum absolute atomic E-state index is 0.0170. The highest BCUT2D eigenvalue weighted by molar-refractivity contribution is 7.16. The van der Waals surface area contributed by atoms with Crippen LogP contribution in [0.4, 0.5) is 0 Å². The van der Waals surface area contributed by atoms with Crippen molar-refractivity contribution in [2.45, 2.75) is 39.2 Å². The Morgan fingerprint density at radius 3 is 2.81 bits per heavy atom. The van der Waals surface area contributed by atoms with Crippen molar-refractivity contribution in [1.82, 2.24) is 9.99 Å². The Balaban J connectivity index is 1.73. The van der Waals surface area contributed by atoms with E-state index in [1.807, 2.05) is 43.5 Å². The van der Waals surface area contributed by atoms with Crippen LogP contribution >= 0.6 is 11.3 Å². The number of hydrogen-bond acceptors (Lipinski definition) is 4. The highest BCUT2D eigenvalue weighted by Gasteiger charge is 2.33. The fraction of sp³-hybridized carbons (Fsp3) is 0.286. The molecule has 5 nitrogen and oxygen atoms in total. The minimum Gasteiger partial charge on any atom is -0.313 e. The van der Waals surface area contributed by atoms with Gasteiger partial charge in [-0.1, -0.05) is 37.3 Å². The van der Waals surface area contributed by atoms with E-state index in [9.17, 15) is 9.59 Å². The van der Waals surface area contributed by atoms with Crippen molar-refractivity contribution in [3.8, 4) is 0 Å². The number of nitrogens with one attached hydrogen (secondary N) is 1. The summed E-state index contributed by atoms with van der Waals surface area (Å²) in [4.78, 5) is 29.0. The van der Waals surface area contributed by atoms with Crippen molar-refractivity contribution < 1.29 is 4.79 Å². The van der Waals surface area contributed by atoms with Gasteiger partial charge in [0.05, 0.1) is 17.3 Å². The summed E-state index contributed by atoms with van der Waals surface area (Å²) >= 11 is 1.52. The first-order valence-corrected chi connectivity index (χ1v) is 10.0. The summed E-state index contributed by atoms with van der Waals surface area (Å²) < 4.78 is 0. The van der Waals surface area contributed by atoms with Crippen molar-refractivity contribution >= 4 is 33.2 Å². The number of hydrazone groups is 1. The van der Waals surface area contributed by atoms with E-state index in [2.05, 4.69) is 22.2 Å². The van der Waals surface area contributed by atoms with Crippen molar-refractivity contribution in [3.63, 3.8) is 0 Å². The van der Waals surface area contributed by atoms with Crippen LogP contribution in [-0.2, 0) is 11.2 Å². The predicted octanol–water partition coefficient (Wildman–Crippen LogP) is 3.86. The highest BCUT2D eigenvalue weighted by atomic mass is 32.1. The van der Waals surface area contributed by atoms with Gasteiger partial charge in [-0.25, -0.2) is 5.01 Å². The lowest BCUT2D eigenvalue weighted by molar-refractivity contribution is -0.132. The lowest BCUT2D eigenvalue weighted by Gasteiger charge is -2.21. The molecule has 138 valence electrons. The molecule has 0 saturated carbocycles. The van der Waals surface area contributed by atoms with Gasteiger partial charge in [0.1, 0.15) is 4.83 Å². The molecule has 0 fully saturated rings. The van der Waals surface area contributed by atoms with Gasteiger partial charge >= 0.3 is 0 Å². The molecule has 1 aliphatic heterocycles. The molecular weight excluding hydrogens is 358 g/mol. The van der Waals surface area contributed by atoms with Crippen LogP contribution in [0.1, 0.15) is 36.5 Å². The SMILES string of the molecule is CCC(=O)N1N=C(c2c(C)c3ccsc3[nH]c2=O)CC1Cc1ccccc1. The van der Waals surface area contributed by atoms with Gasteiger partial charge in [0, 0.05) is 18.2 Å². The summed E-state index contributed by atoms with van der Waals surface area (Å²) in [6.07, 6.45) is 1.69. The second kappa shape index (κ2) is 7.12. The first-order valence-electron chi connectivity index (χ1n) is 9.12. The highest BCUT2D eigenvalue weighted by Crippen LogP contribution is 2.27. The molecule has 27 heavy (non-hydrogen) atoms. The number of pyridine rings is 1. The monoisotopic (exact) mass is 379 g/mol. The molecule has 4 rings (SSSR count). The van der Waals surface area contributed by atoms with Gasteiger partial charge in [-0.3, -0.25) is 9.59 Å². The number of hydrogen-bond donors (Lipinski definition) is 1. The Labute approximate surface area is 161 Å². The maximum absolute atomic E-state index is 12.7. The van der Waals surface area contributed by atoms with Gasteiger partial charge < -0.3 is 4.98 Å². The smallest absolute Gasteiger partial charge is 0.258 e. The van der Waals surface area contributed by atoms with Crippen LogP contribution in [0.25, 0.3) is 10.2 Å². The zero-order valence-electron chi connectivity index (χ0n) is 15.4. The third kappa shape index (κ3) is 3.21. The molecule has 0 saturated heterocycles. The van der Waals surface area contributed by atoms with E-state index < -0.39 is 0 Å². The summed E-state index contributed by atoms with van der Waals surface area (Å²) in [5.74, 6) is -0.0170. The number of aromatic amines is 1. The van der Waals surface area contributed by atoms with Crippen LogP contribution < -0.4 is 5.56 Å². The van der Waals surface area contributed by atoms with Crippen molar-refractivity contribution in [2.24, 2.45) is 5.10 Å². The number of nitrogens with zero attached hydrogens (tertiary/aromatic N) is 2. The molecule has 1 N–H and O–H groups in total. The Morgan fingerprint density at radius 1 is 1.30 bits per heavy atom. The molecule has 1 atom stereocenters. The van der Waals surface area contributed by atoms with Gasteiger partial charge in [0.25, 0.3) is 5.56 Å². The number of benzene rings is 1. The van der Waals surface area contributed by atoms with Crippen LogP contribution in [-0.4, -0.2) is 27.7 Å². The van der Waals surface area contributed by atoms with Crippen molar-refractivity contribution in [3.05, 3.63) is 68.8 Å². The molecule has 1 aromatic carbocycles. The molecular formula is C21H21N3O2S. The first-order chi connectivity index (χ1) is 13.1. The van der Waals surface area contributed by atoms with Gasteiger partial charge in [0.15, 0.2) is 0 Å². The summed E-state index contributed by atoms with van der Waals surface area (Å²) in [7, 11) is 0. The average molecular weight is 379 g/mol. The molecule has 0 aliphatic carbocycles. The van der Waals surface area contributed by atoms with Crippen LogP contribution in [0.3, 0.4) is 0 Å². The summed E-state index contributed by atoms with van der Waals surface area (Å²) in [5.41, 5.74) is 3.25. The summed E-state index contributed by atoms with van der Waals surface area (Å²) in [6.45, 7) is 3.80. The number of H-pyrrole nitrogens is 1. The molecule has 1 aliphatic rings. The van der Waals surface area contributed by atoms with Gasteiger partial charge in [0.2, 0.25) is 5.91 Å². The van der Waals surface area contributed by atoms with E-state index in [-0.39, 0.29) is 17.5 Å². The number of carbonyl (C=O) groups is 1. The van der Waals surface area contributed by atoms with Gasteiger partial charge in [-0.05, 0) is 35.9 Å².